The Morgan fingerprint density at radius 1 is 1.26 bits per heavy atom. The molecule has 23 heavy (non-hydrogen) atoms. The fourth-order valence-electron chi connectivity index (χ4n) is 3.12. The third kappa shape index (κ3) is 3.80. The molecule has 5 heteroatoms. The third-order valence-corrected chi connectivity index (χ3v) is 4.44. The van der Waals surface area contributed by atoms with Crippen LogP contribution in [0, 0.1) is 5.82 Å². The molecule has 0 radical (unpaired) electrons. The topological polar surface area (TPSA) is 37.6 Å². The Hall–Kier alpha value is -1.69. The van der Waals surface area contributed by atoms with Gasteiger partial charge in [-0.15, -0.1) is 0 Å². The number of aliphatic hydroxyl groups is 1. The molecule has 0 fully saturated rings. The number of fused-ring (bicyclic) bond motifs is 1. The van der Waals surface area contributed by atoms with E-state index in [1.165, 1.54) is 11.8 Å². The molecule has 2 heterocycles. The maximum Gasteiger partial charge on any atom is 0.128 e. The molecule has 1 aliphatic heterocycles. The highest BCUT2D eigenvalue weighted by molar-refractivity contribution is 5.16. The number of hydrogen-bond donors (Lipinski definition) is 1. The first-order valence-corrected chi connectivity index (χ1v) is 8.03. The van der Waals surface area contributed by atoms with E-state index in [1.54, 1.807) is 18.2 Å². The highest BCUT2D eigenvalue weighted by atomic mass is 19.1. The second kappa shape index (κ2) is 7.25. The van der Waals surface area contributed by atoms with Crippen LogP contribution in [0.2, 0.25) is 0 Å². The lowest BCUT2D eigenvalue weighted by atomic mass is 10.1. The van der Waals surface area contributed by atoms with Gasteiger partial charge in [-0.05, 0) is 25.1 Å². The number of rotatable bonds is 6. The first kappa shape index (κ1) is 16.2. The average molecular weight is 318 g/mol. The van der Waals surface area contributed by atoms with Crippen LogP contribution >= 0.6 is 0 Å². The standard InChI is InChI=1S/C18H23FN2O2/c1-14-18-7-4-8-20(18)9-10-21(14)11-16(22)13-23-12-15-5-2-3-6-17(15)19/h2-8,14,16,22H,9-13H2,1H3/t14-,16-/m0/s1. The van der Waals surface area contributed by atoms with Gasteiger partial charge >= 0.3 is 0 Å². The maximum absolute atomic E-state index is 13.5. The van der Waals surface area contributed by atoms with Crippen LogP contribution in [-0.2, 0) is 17.9 Å². The molecule has 0 saturated carbocycles. The molecule has 0 unspecified atom stereocenters. The van der Waals surface area contributed by atoms with Crippen LogP contribution in [0.1, 0.15) is 24.2 Å². The SMILES string of the molecule is C[C@H]1c2cccn2CCN1C[C@H](O)COCc1ccccc1F. The van der Waals surface area contributed by atoms with Crippen molar-refractivity contribution in [2.24, 2.45) is 0 Å². The lowest BCUT2D eigenvalue weighted by Crippen LogP contribution is -2.42. The van der Waals surface area contributed by atoms with Gasteiger partial charge < -0.3 is 14.4 Å². The van der Waals surface area contributed by atoms with Gasteiger partial charge in [0.15, 0.2) is 0 Å². The molecule has 2 atom stereocenters. The van der Waals surface area contributed by atoms with Crippen LogP contribution in [0.5, 0.6) is 0 Å². The van der Waals surface area contributed by atoms with Crippen molar-refractivity contribution in [1.29, 1.82) is 0 Å². The molecule has 1 aliphatic rings. The number of benzene rings is 1. The van der Waals surface area contributed by atoms with Crippen LogP contribution in [0.3, 0.4) is 0 Å². The number of aliphatic hydroxyl groups excluding tert-OH is 1. The van der Waals surface area contributed by atoms with E-state index in [0.717, 1.165) is 13.1 Å². The molecule has 0 saturated heterocycles. The monoisotopic (exact) mass is 318 g/mol. The third-order valence-electron chi connectivity index (χ3n) is 4.44. The number of hydrogen-bond acceptors (Lipinski definition) is 3. The first-order chi connectivity index (χ1) is 11.1. The van der Waals surface area contributed by atoms with Gasteiger partial charge in [0, 0.05) is 43.1 Å². The zero-order valence-corrected chi connectivity index (χ0v) is 13.4. The Morgan fingerprint density at radius 3 is 2.91 bits per heavy atom. The average Bonchev–Trinajstić information content (AvgIpc) is 3.01. The summed E-state index contributed by atoms with van der Waals surface area (Å²) in [5.41, 5.74) is 1.79. The van der Waals surface area contributed by atoms with Crippen LogP contribution in [0.25, 0.3) is 0 Å². The highest BCUT2D eigenvalue weighted by Gasteiger charge is 2.25. The van der Waals surface area contributed by atoms with Gasteiger partial charge in [-0.3, -0.25) is 4.90 Å². The van der Waals surface area contributed by atoms with Crippen LogP contribution in [0.15, 0.2) is 42.6 Å². The minimum atomic E-state index is -0.578. The van der Waals surface area contributed by atoms with Crippen molar-refractivity contribution in [2.75, 3.05) is 19.7 Å². The van der Waals surface area contributed by atoms with Crippen LogP contribution in [-0.4, -0.2) is 40.4 Å². The number of β-amino-alcohol motifs (C(OH)–C–C–N with tert-alkyl or cyclic N) is 1. The van der Waals surface area contributed by atoms with Gasteiger partial charge in [-0.2, -0.15) is 0 Å². The van der Waals surface area contributed by atoms with Crippen molar-refractivity contribution in [3.05, 3.63) is 59.7 Å². The van der Waals surface area contributed by atoms with Crippen molar-refractivity contribution in [1.82, 2.24) is 9.47 Å². The molecule has 0 bridgehead atoms. The Labute approximate surface area is 136 Å². The summed E-state index contributed by atoms with van der Waals surface area (Å²) in [6.45, 7) is 4.95. The molecule has 1 aromatic heterocycles. The minimum Gasteiger partial charge on any atom is -0.389 e. The minimum absolute atomic E-state index is 0.183. The number of halogens is 1. The Balaban J connectivity index is 1.47. The molecule has 124 valence electrons. The summed E-state index contributed by atoms with van der Waals surface area (Å²) in [7, 11) is 0. The lowest BCUT2D eigenvalue weighted by molar-refractivity contribution is -0.00145. The summed E-state index contributed by atoms with van der Waals surface area (Å²) in [5.74, 6) is -0.271. The number of nitrogens with zero attached hydrogens (tertiary/aromatic N) is 2. The van der Waals surface area contributed by atoms with E-state index in [9.17, 15) is 9.50 Å². The van der Waals surface area contributed by atoms with Gasteiger partial charge in [0.1, 0.15) is 5.82 Å². The fourth-order valence-corrected chi connectivity index (χ4v) is 3.12. The van der Waals surface area contributed by atoms with Gasteiger partial charge in [0.2, 0.25) is 0 Å². The summed E-state index contributed by atoms with van der Waals surface area (Å²) in [6, 6.07) is 11.0. The zero-order chi connectivity index (χ0) is 16.2. The maximum atomic E-state index is 13.5. The summed E-state index contributed by atoms with van der Waals surface area (Å²) >= 11 is 0. The molecular formula is C18H23FN2O2. The molecule has 1 aromatic carbocycles. The van der Waals surface area contributed by atoms with Gasteiger partial charge in [0.25, 0.3) is 0 Å². The van der Waals surface area contributed by atoms with Crippen molar-refractivity contribution in [3.63, 3.8) is 0 Å². The Kier molecular flexibility index (Phi) is 5.10. The summed E-state index contributed by atoms with van der Waals surface area (Å²) in [4.78, 5) is 2.26. The second-order valence-corrected chi connectivity index (χ2v) is 6.06. The lowest BCUT2D eigenvalue weighted by Gasteiger charge is -2.36. The molecule has 4 nitrogen and oxygen atoms in total. The molecule has 0 aliphatic carbocycles. The Morgan fingerprint density at radius 2 is 2.09 bits per heavy atom. The van der Waals surface area contributed by atoms with E-state index in [-0.39, 0.29) is 25.1 Å². The van der Waals surface area contributed by atoms with Gasteiger partial charge in [0.05, 0.1) is 19.3 Å². The van der Waals surface area contributed by atoms with E-state index in [1.807, 2.05) is 0 Å². The normalized spacial score (nSPS) is 19.5. The van der Waals surface area contributed by atoms with Gasteiger partial charge in [-0.1, -0.05) is 18.2 Å². The predicted octanol–water partition coefficient (Wildman–Crippen LogP) is 2.58. The summed E-state index contributed by atoms with van der Waals surface area (Å²) in [5, 5.41) is 10.2. The molecule has 0 amide bonds. The zero-order valence-electron chi connectivity index (χ0n) is 13.4. The van der Waals surface area contributed by atoms with E-state index in [4.69, 9.17) is 4.74 Å². The molecule has 0 spiro atoms. The largest absolute Gasteiger partial charge is 0.389 e. The van der Waals surface area contributed by atoms with E-state index >= 15 is 0 Å². The number of aromatic nitrogens is 1. The van der Waals surface area contributed by atoms with E-state index in [0.29, 0.717) is 12.1 Å². The van der Waals surface area contributed by atoms with Crippen molar-refractivity contribution in [2.45, 2.75) is 32.2 Å². The van der Waals surface area contributed by atoms with Crippen LogP contribution < -0.4 is 0 Å². The fraction of sp³-hybridized carbons (Fsp3) is 0.444. The van der Waals surface area contributed by atoms with Crippen molar-refractivity contribution in [3.8, 4) is 0 Å². The van der Waals surface area contributed by atoms with Crippen molar-refractivity contribution >= 4 is 0 Å². The highest BCUT2D eigenvalue weighted by Crippen LogP contribution is 2.25. The summed E-state index contributed by atoms with van der Waals surface area (Å²) in [6.07, 6.45) is 1.52. The van der Waals surface area contributed by atoms with E-state index in [2.05, 4.69) is 34.7 Å². The van der Waals surface area contributed by atoms with Crippen LogP contribution in [0.4, 0.5) is 4.39 Å². The Bertz CT molecular complexity index is 643. The predicted molar refractivity (Wildman–Crippen MR) is 86.5 cm³/mol. The van der Waals surface area contributed by atoms with Crippen molar-refractivity contribution < 1.29 is 14.2 Å². The molecule has 1 N–H and O–H groups in total. The molecule has 3 rings (SSSR count). The quantitative estimate of drug-likeness (QED) is 0.889. The van der Waals surface area contributed by atoms with Gasteiger partial charge in [-0.25, -0.2) is 4.39 Å². The smallest absolute Gasteiger partial charge is 0.128 e. The molecule has 2 aromatic rings. The number of ether oxygens (including phenoxy) is 1. The van der Waals surface area contributed by atoms with E-state index < -0.39 is 6.10 Å². The second-order valence-electron chi connectivity index (χ2n) is 6.06. The molecular weight excluding hydrogens is 295 g/mol. The summed E-state index contributed by atoms with van der Waals surface area (Å²) < 4.78 is 21.2. The first-order valence-electron chi connectivity index (χ1n) is 8.03.